The Balaban J connectivity index is -0.0000000557. The molecule has 0 rings (SSSR count). The van der Waals surface area contributed by atoms with Crippen LogP contribution in [-0.4, -0.2) is 319 Å². The number of ether oxygens (including phenoxy) is 6. The third-order valence-electron chi connectivity index (χ3n) is 12.1. The van der Waals surface area contributed by atoms with Crippen LogP contribution in [0, 0.1) is 0 Å². The van der Waals surface area contributed by atoms with Crippen LogP contribution >= 0.6 is 23.5 Å². The van der Waals surface area contributed by atoms with Crippen molar-refractivity contribution in [3.8, 4) is 0 Å². The van der Waals surface area contributed by atoms with Crippen molar-refractivity contribution in [3.05, 3.63) is 0 Å². The zero-order valence-electron chi connectivity index (χ0n) is 76.9. The van der Waals surface area contributed by atoms with Gasteiger partial charge in [0.15, 0.2) is 0 Å². The summed E-state index contributed by atoms with van der Waals surface area (Å²) in [5.41, 5.74) is 0.583. The van der Waals surface area contributed by atoms with Gasteiger partial charge < -0.3 is 113 Å². The summed E-state index contributed by atoms with van der Waals surface area (Å²) in [5, 5.41) is 49.4. The fourth-order valence-electron chi connectivity index (χ4n) is 4.22. The first-order chi connectivity index (χ1) is 48.7. The first-order valence-corrected chi connectivity index (χ1v) is 42.1. The van der Waals surface area contributed by atoms with E-state index in [-0.39, 0.29) is 0 Å². The summed E-state index contributed by atoms with van der Waals surface area (Å²) in [4.78, 5) is 0. The largest absolute Gasteiger partial charge is 0.383 e. The minimum atomic E-state index is 0.292. The minimum absolute atomic E-state index is 0.292. The van der Waals surface area contributed by atoms with Crippen LogP contribution in [0.25, 0.3) is 0 Å². The number of rotatable bonds is 46. The number of nitrogens with one attached hydrogen (secondary N) is 16. The lowest BCUT2D eigenvalue weighted by Gasteiger charge is -2.15. The number of unbranched alkanes of at least 4 members (excludes halogenated alkanes) is 4. The summed E-state index contributed by atoms with van der Waals surface area (Å²) in [5.74, 6) is 2.46. The second-order valence-corrected chi connectivity index (χ2v) is 26.6. The fraction of sp³-hybridized carbons (Fsp3) is 1.00. The van der Waals surface area contributed by atoms with E-state index in [0.29, 0.717) is 23.2 Å². The average Bonchev–Trinajstić information content (AvgIpc) is 2.59. The summed E-state index contributed by atoms with van der Waals surface area (Å²) in [6, 6.07) is 1.37. The molecule has 0 bridgehead atoms. The highest BCUT2D eigenvalue weighted by Crippen LogP contribution is 1.95. The van der Waals surface area contributed by atoms with Gasteiger partial charge in [0.1, 0.15) is 0 Å². The van der Waals surface area contributed by atoms with Crippen molar-refractivity contribution in [2.75, 3.05) is 296 Å². The molecule has 0 radical (unpaired) electrons. The molecule has 0 amide bonds. The van der Waals surface area contributed by atoms with Crippen LogP contribution in [0.5, 0.6) is 0 Å². The molecule has 2 atom stereocenters. The second kappa shape index (κ2) is 166. The van der Waals surface area contributed by atoms with Gasteiger partial charge in [0.25, 0.3) is 0 Å². The molecule has 644 valence electrons. The Morgan fingerprint density at radius 1 is 0.284 bits per heavy atom. The number of hydrogen-bond donors (Lipinski definition) is 16. The third-order valence-corrected chi connectivity index (χ3v) is 13.3. The first kappa shape index (κ1) is 141. The van der Waals surface area contributed by atoms with Crippen LogP contribution in [0.3, 0.4) is 0 Å². The Morgan fingerprint density at radius 2 is 0.471 bits per heavy atom. The van der Waals surface area contributed by atoms with E-state index < -0.39 is 0 Å². The molecule has 0 aliphatic carbocycles. The van der Waals surface area contributed by atoms with Crippen molar-refractivity contribution < 1.29 is 28.4 Å². The second-order valence-electron chi connectivity index (χ2n) is 24.7. The highest BCUT2D eigenvalue weighted by Gasteiger charge is 2.02. The number of methoxy groups -OCH3 is 6. The highest BCUT2D eigenvalue weighted by molar-refractivity contribution is 7.98. The van der Waals surface area contributed by atoms with E-state index in [9.17, 15) is 0 Å². The van der Waals surface area contributed by atoms with Gasteiger partial charge in [0, 0.05) is 130 Å². The summed E-state index contributed by atoms with van der Waals surface area (Å²) >= 11 is 3.78. The first-order valence-electron chi connectivity index (χ1n) is 39.4. The van der Waals surface area contributed by atoms with E-state index in [1.807, 2.05) is 108 Å². The molecule has 0 heterocycles. The normalized spacial score (nSPS) is 10.2. The smallest absolute Gasteiger partial charge is 0.0587 e. The third kappa shape index (κ3) is 313. The number of thioether (sulfide) groups is 2. The Hall–Kier alpha value is -0.180. The van der Waals surface area contributed by atoms with Crippen molar-refractivity contribution in [3.63, 3.8) is 0 Å². The zero-order valence-corrected chi connectivity index (χ0v) is 78.5. The highest BCUT2D eigenvalue weighted by atomic mass is 32.2. The molecule has 0 aliphatic rings. The Labute approximate surface area is 654 Å². The molecule has 0 aliphatic heterocycles. The van der Waals surface area contributed by atoms with E-state index in [1.165, 1.54) is 115 Å². The molecule has 0 aromatic rings. The van der Waals surface area contributed by atoms with Crippen molar-refractivity contribution in [2.24, 2.45) is 0 Å². The predicted octanol–water partition coefficient (Wildman–Crippen LogP) is 10.6. The van der Waals surface area contributed by atoms with Gasteiger partial charge in [0.2, 0.25) is 0 Å². The molecule has 0 saturated carbocycles. The summed E-state index contributed by atoms with van der Waals surface area (Å²) in [7, 11) is 33.4. The van der Waals surface area contributed by atoms with Gasteiger partial charge in [-0.1, -0.05) is 94.9 Å². The molecule has 0 aromatic heterocycles. The Bertz CT molecular complexity index is 897. The minimum Gasteiger partial charge on any atom is -0.383 e. The molecular formula is C78H204N16O6S2. The lowest BCUT2D eigenvalue weighted by Crippen LogP contribution is -2.31. The fourth-order valence-corrected chi connectivity index (χ4v) is 4.91. The summed E-state index contributed by atoms with van der Waals surface area (Å²) in [6.45, 7) is 60.4. The molecular weight excluding hydrogens is 1320 g/mol. The quantitative estimate of drug-likeness (QED) is 0.0253. The SMILES string of the molecule is CCC(C)NC.CCC(C)NC.CCCCNC.CCCCNC.CCCCNCCCC.CCCNCCC.CCNC.CCNC.CNC.CNC.CNC(C)(C)C.CNC(C)(C)C.COCCNCCOC.COCCNCCOC.COCCNCCOC.CSCCNCCSC. The summed E-state index contributed by atoms with van der Waals surface area (Å²) < 4.78 is 28.9. The van der Waals surface area contributed by atoms with E-state index in [4.69, 9.17) is 28.4 Å². The molecule has 0 fully saturated rings. The molecule has 0 aromatic carbocycles. The van der Waals surface area contributed by atoms with Crippen LogP contribution < -0.4 is 85.1 Å². The van der Waals surface area contributed by atoms with Gasteiger partial charge in [-0.15, -0.1) is 0 Å². The van der Waals surface area contributed by atoms with Crippen LogP contribution in [-0.2, 0) is 28.4 Å². The van der Waals surface area contributed by atoms with Crippen molar-refractivity contribution in [1.29, 1.82) is 0 Å². The van der Waals surface area contributed by atoms with Gasteiger partial charge in [-0.25, -0.2) is 0 Å². The van der Waals surface area contributed by atoms with Crippen LogP contribution in [0.1, 0.15) is 202 Å². The van der Waals surface area contributed by atoms with Gasteiger partial charge in [-0.2, -0.15) is 23.5 Å². The van der Waals surface area contributed by atoms with E-state index in [0.717, 1.165) is 118 Å². The molecule has 0 spiro atoms. The lowest BCUT2D eigenvalue weighted by molar-refractivity contribution is 0.180. The average molecular weight is 1530 g/mol. The molecule has 0 saturated heterocycles. The zero-order chi connectivity index (χ0) is 82.6. The maximum Gasteiger partial charge on any atom is 0.0587 e. The molecule has 24 heteroatoms. The van der Waals surface area contributed by atoms with Crippen molar-refractivity contribution in [2.45, 2.75) is 225 Å². The van der Waals surface area contributed by atoms with Crippen LogP contribution in [0.15, 0.2) is 0 Å². The van der Waals surface area contributed by atoms with E-state index >= 15 is 0 Å². The monoisotopic (exact) mass is 1530 g/mol. The molecule has 22 nitrogen and oxygen atoms in total. The topological polar surface area (TPSA) is 248 Å². The van der Waals surface area contributed by atoms with Gasteiger partial charge >= 0.3 is 0 Å². The maximum absolute atomic E-state index is 4.82. The van der Waals surface area contributed by atoms with Crippen LogP contribution in [0.2, 0.25) is 0 Å². The van der Waals surface area contributed by atoms with Crippen molar-refractivity contribution >= 4 is 23.5 Å². The van der Waals surface area contributed by atoms with Crippen molar-refractivity contribution in [1.82, 2.24) is 85.1 Å². The van der Waals surface area contributed by atoms with Gasteiger partial charge in [-0.3, -0.25) is 0 Å². The number of hydrogen-bond acceptors (Lipinski definition) is 24. The Kier molecular flexibility index (Phi) is 229. The molecule has 102 heavy (non-hydrogen) atoms. The summed E-state index contributed by atoms with van der Waals surface area (Å²) in [6.07, 6.45) is 19.7. The standard InChI is InChI=1S/C8H19N.3C6H15NO2.C6H15NS2.C6H15N.6C5H13N.2C3H9N.2C2H7N/c1-3-5-7-9-8-6-4-2;4*1-8-5-3-7-4-6-9-2;1-3-5-7-6-4-2;2*1-5(2,3)6-4;2*1-4-5(2)6-3;2*1-3-4-5-6-2;2*1-3-4-2;2*1-3-2/h9H,3-8H2,1-2H3;4*7H,3-6H2,1-2H3;7H,3-6H2,1-2H3;2*6H,1-4H3;2*5-6H,4H2,1-3H3;2*6H,3-5H2,1-2H3;2*4H,3H2,1-2H3;2*3H,1-2H3. The van der Waals surface area contributed by atoms with Gasteiger partial charge in [0.05, 0.1) is 39.6 Å². The Morgan fingerprint density at radius 3 is 0.588 bits per heavy atom. The van der Waals surface area contributed by atoms with E-state index in [1.54, 1.807) is 42.7 Å². The van der Waals surface area contributed by atoms with E-state index in [2.05, 4.69) is 222 Å². The lowest BCUT2D eigenvalue weighted by atomic mass is 10.1. The predicted molar refractivity (Wildman–Crippen MR) is 478 cm³/mol. The molecule has 2 unspecified atom stereocenters. The maximum atomic E-state index is 4.82. The van der Waals surface area contributed by atoms with Gasteiger partial charge in [-0.05, 0) is 256 Å². The van der Waals surface area contributed by atoms with Crippen LogP contribution in [0.4, 0.5) is 0 Å². The molecule has 16 N–H and O–H groups in total.